The van der Waals surface area contributed by atoms with E-state index in [0.29, 0.717) is 10.3 Å². The average molecular weight is 722 g/mol. The minimum absolute atomic E-state index is 0.373. The van der Waals surface area contributed by atoms with Gasteiger partial charge in [-0.3, -0.25) is 0 Å². The maximum atomic E-state index is 7.29. The van der Waals surface area contributed by atoms with Crippen LogP contribution in [0.25, 0.3) is 31.9 Å². The van der Waals surface area contributed by atoms with Crippen LogP contribution in [-0.2, 0) is 16.5 Å². The number of fused-ring (bicyclic) bond motifs is 2. The van der Waals surface area contributed by atoms with Gasteiger partial charge in [0.25, 0.3) is 0 Å². The number of nitrogens with zero attached hydrogens (tertiary/aromatic N) is 2. The first-order chi connectivity index (χ1) is 11.9. The Morgan fingerprint density at radius 3 is 1.52 bits per heavy atom. The van der Waals surface area contributed by atoms with Crippen LogP contribution >= 0.6 is 73.4 Å². The van der Waals surface area contributed by atoms with Gasteiger partial charge in [0, 0.05) is 18.3 Å². The van der Waals surface area contributed by atoms with Gasteiger partial charge in [-0.15, -0.1) is 22.7 Å². The molecular formula is C14H8Br2Cl2N4PtS2. The van der Waals surface area contributed by atoms with Crippen molar-refractivity contribution in [1.82, 2.24) is 9.97 Å². The molecule has 2 N–H and O–H groups in total. The summed E-state index contributed by atoms with van der Waals surface area (Å²) in [6.07, 6.45) is 0. The summed E-state index contributed by atoms with van der Waals surface area (Å²) in [6, 6.07) is 11.6. The monoisotopic (exact) mass is 719 g/mol. The molecule has 0 atom stereocenters. The van der Waals surface area contributed by atoms with E-state index in [2.05, 4.69) is 41.8 Å². The third-order valence-electron chi connectivity index (χ3n) is 2.70. The van der Waals surface area contributed by atoms with Crippen LogP contribution in [0.15, 0.2) is 45.3 Å². The molecule has 0 bridgehead atoms. The summed E-state index contributed by atoms with van der Waals surface area (Å²) in [6.45, 7) is 0. The molecule has 2 aromatic heterocycles. The van der Waals surface area contributed by atoms with Crippen LogP contribution in [0.5, 0.6) is 0 Å². The SMILES string of the molecule is [Cl][Pt+2][Cl].[NH-]c1nc2ccc(Br)cc2s1.[NH-]c1nc2ccc(Br)cc2s1. The number of nitrogens with one attached hydrogen (secondary N) is 2. The molecule has 4 rings (SSSR count). The van der Waals surface area contributed by atoms with Crippen LogP contribution in [0.1, 0.15) is 0 Å². The smallest absolute Gasteiger partial charge is 0.0312 e. The van der Waals surface area contributed by atoms with E-state index in [1.165, 1.54) is 22.7 Å². The Balaban J connectivity index is 0.000000156. The third kappa shape index (κ3) is 6.61. The van der Waals surface area contributed by atoms with Gasteiger partial charge >= 0.3 is 35.3 Å². The molecule has 25 heavy (non-hydrogen) atoms. The zero-order chi connectivity index (χ0) is 18.4. The van der Waals surface area contributed by atoms with Crippen molar-refractivity contribution in [2.75, 3.05) is 0 Å². The minimum atomic E-state index is -0.472. The summed E-state index contributed by atoms with van der Waals surface area (Å²) in [5.41, 5.74) is 16.4. The van der Waals surface area contributed by atoms with Crippen LogP contribution in [0.2, 0.25) is 0 Å². The van der Waals surface area contributed by atoms with Gasteiger partial charge in [0.15, 0.2) is 0 Å². The molecular weight excluding hydrogens is 714 g/mol. The van der Waals surface area contributed by atoms with Crippen molar-refractivity contribution in [2.24, 2.45) is 0 Å². The second-order valence-electron chi connectivity index (χ2n) is 4.31. The first-order valence-electron chi connectivity index (χ1n) is 6.30. The molecule has 0 aliphatic carbocycles. The fourth-order valence-corrected chi connectivity index (χ4v) is 4.34. The summed E-state index contributed by atoms with van der Waals surface area (Å²) in [7, 11) is 9.75. The molecule has 0 fully saturated rings. The van der Waals surface area contributed by atoms with Gasteiger partial charge in [0.05, 0.1) is 0 Å². The van der Waals surface area contributed by atoms with Crippen molar-refractivity contribution >= 4 is 104 Å². The van der Waals surface area contributed by atoms with Gasteiger partial charge in [-0.1, -0.05) is 44.0 Å². The Morgan fingerprint density at radius 1 is 0.800 bits per heavy atom. The van der Waals surface area contributed by atoms with Gasteiger partial charge in [-0.25, -0.2) is 0 Å². The number of hydrogen-bond acceptors (Lipinski definition) is 4. The molecule has 4 aromatic rings. The second kappa shape index (κ2) is 10.4. The van der Waals surface area contributed by atoms with Gasteiger partial charge in [0.2, 0.25) is 0 Å². The summed E-state index contributed by atoms with van der Waals surface area (Å²) in [4.78, 5) is 8.04. The minimum Gasteiger partial charge on any atom is -0.473 e. The molecule has 0 amide bonds. The number of aromatic nitrogens is 2. The fourth-order valence-electron chi connectivity index (χ4n) is 1.80. The van der Waals surface area contributed by atoms with E-state index in [9.17, 15) is 0 Å². The Kier molecular flexibility index (Phi) is 8.88. The first-order valence-corrected chi connectivity index (χ1v) is 15.2. The number of halogens is 4. The number of thiazole rings is 2. The molecule has 0 unspecified atom stereocenters. The molecule has 2 aromatic carbocycles. The fraction of sp³-hybridized carbons (Fsp3) is 0. The number of rotatable bonds is 0. The summed E-state index contributed by atoms with van der Waals surface area (Å²) in [5, 5.41) is 0.746. The standard InChI is InChI=1S/2C7H4BrN2S.2ClH.Pt/c2*8-4-1-2-5-6(3-4)11-7(9)10-5;;;/h2*1-3H,(H-,9,10);2*1H;/q2*-1;;;+4/p-2. The van der Waals surface area contributed by atoms with Crippen molar-refractivity contribution < 1.29 is 16.5 Å². The Hall–Kier alpha value is 0.0483. The predicted molar refractivity (Wildman–Crippen MR) is 114 cm³/mol. The van der Waals surface area contributed by atoms with Crippen LogP contribution in [0.3, 0.4) is 0 Å². The summed E-state index contributed by atoms with van der Waals surface area (Å²) < 4.78 is 4.19. The Labute approximate surface area is 185 Å². The molecule has 11 heteroatoms. The molecule has 0 spiro atoms. The molecule has 0 saturated heterocycles. The largest absolute Gasteiger partial charge is 0.473 e. The van der Waals surface area contributed by atoms with Crippen LogP contribution in [0.4, 0.5) is 10.3 Å². The Bertz CT molecular complexity index is 902. The summed E-state index contributed by atoms with van der Waals surface area (Å²) >= 11 is 9.03. The van der Waals surface area contributed by atoms with Crippen LogP contribution in [0, 0.1) is 0 Å². The molecule has 2 heterocycles. The van der Waals surface area contributed by atoms with Crippen molar-refractivity contribution in [3.8, 4) is 0 Å². The van der Waals surface area contributed by atoms with E-state index in [-0.39, 0.29) is 0 Å². The second-order valence-corrected chi connectivity index (χ2v) is 11.5. The molecule has 0 saturated carbocycles. The molecule has 4 nitrogen and oxygen atoms in total. The molecule has 134 valence electrons. The zero-order valence-corrected chi connectivity index (χ0v) is 20.6. The number of hydrogen-bond donors (Lipinski definition) is 0. The quantitative estimate of drug-likeness (QED) is 0.182. The molecule has 0 aliphatic rings. The van der Waals surface area contributed by atoms with Gasteiger partial charge in [-0.05, 0) is 45.6 Å². The predicted octanol–water partition coefficient (Wildman–Crippen LogP) is 8.86. The van der Waals surface area contributed by atoms with Gasteiger partial charge in [-0.2, -0.15) is 0 Å². The Morgan fingerprint density at radius 2 is 1.16 bits per heavy atom. The summed E-state index contributed by atoms with van der Waals surface area (Å²) in [5.74, 6) is 0. The van der Waals surface area contributed by atoms with E-state index < -0.39 is 16.5 Å². The molecule has 0 radical (unpaired) electrons. The van der Waals surface area contributed by atoms with Crippen molar-refractivity contribution in [3.05, 3.63) is 56.8 Å². The van der Waals surface area contributed by atoms with Crippen LogP contribution in [-0.4, -0.2) is 9.97 Å². The van der Waals surface area contributed by atoms with E-state index >= 15 is 0 Å². The topological polar surface area (TPSA) is 73.4 Å². The van der Waals surface area contributed by atoms with Crippen molar-refractivity contribution in [1.29, 1.82) is 0 Å². The van der Waals surface area contributed by atoms with E-state index in [1.807, 2.05) is 36.4 Å². The van der Waals surface area contributed by atoms with Crippen molar-refractivity contribution in [3.63, 3.8) is 0 Å². The third-order valence-corrected chi connectivity index (χ3v) is 5.35. The average Bonchev–Trinajstić information content (AvgIpc) is 3.08. The van der Waals surface area contributed by atoms with E-state index in [1.54, 1.807) is 0 Å². The number of benzene rings is 2. The van der Waals surface area contributed by atoms with E-state index in [4.69, 9.17) is 30.3 Å². The maximum Gasteiger partial charge on any atom is 0.0312 e. The van der Waals surface area contributed by atoms with Crippen LogP contribution < -0.4 is 0 Å². The van der Waals surface area contributed by atoms with Gasteiger partial charge in [0.1, 0.15) is 0 Å². The van der Waals surface area contributed by atoms with Crippen molar-refractivity contribution in [2.45, 2.75) is 0 Å². The molecule has 0 aliphatic heterocycles. The first kappa shape index (κ1) is 21.3. The normalized spacial score (nSPS) is 10.2. The zero-order valence-electron chi connectivity index (χ0n) is 12.0. The maximum absolute atomic E-state index is 7.29. The van der Waals surface area contributed by atoms with E-state index in [0.717, 1.165) is 29.4 Å². The van der Waals surface area contributed by atoms with Gasteiger partial charge < -0.3 is 21.4 Å².